The second-order valence-electron chi connectivity index (χ2n) is 9.04. The molecule has 4 aliphatic rings. The van der Waals surface area contributed by atoms with E-state index in [2.05, 4.69) is 6.07 Å². The van der Waals surface area contributed by atoms with Crippen LogP contribution in [-0.2, 0) is 9.53 Å². The van der Waals surface area contributed by atoms with Crippen LogP contribution in [0.25, 0.3) is 0 Å². The number of esters is 1. The van der Waals surface area contributed by atoms with Crippen LogP contribution in [0.5, 0.6) is 0 Å². The van der Waals surface area contributed by atoms with E-state index in [-0.39, 0.29) is 18.1 Å². The normalized spacial score (nSPS) is 29.9. The Kier molecular flexibility index (Phi) is 5.14. The van der Waals surface area contributed by atoms with Crippen LogP contribution in [0.3, 0.4) is 0 Å². The second kappa shape index (κ2) is 7.58. The lowest BCUT2D eigenvalue weighted by Crippen LogP contribution is -2.62. The maximum atomic E-state index is 13.1. The number of nitriles is 1. The molecule has 4 aliphatic carbocycles. The van der Waals surface area contributed by atoms with Crippen LogP contribution >= 0.6 is 0 Å². The van der Waals surface area contributed by atoms with Crippen molar-refractivity contribution >= 4 is 11.9 Å². The van der Waals surface area contributed by atoms with E-state index < -0.39 is 5.97 Å². The number of amides is 1. The van der Waals surface area contributed by atoms with E-state index in [0.717, 1.165) is 24.8 Å². The first-order valence-corrected chi connectivity index (χ1v) is 10.4. The molecule has 0 saturated heterocycles. The predicted octanol–water partition coefficient (Wildman–Crippen LogP) is 3.86. The lowest BCUT2D eigenvalue weighted by molar-refractivity contribution is -0.153. The Labute approximate surface area is 166 Å². The van der Waals surface area contributed by atoms with E-state index in [4.69, 9.17) is 10.00 Å². The molecule has 0 aromatic heterocycles. The minimum absolute atomic E-state index is 0.126. The van der Waals surface area contributed by atoms with Crippen LogP contribution < -0.4 is 0 Å². The van der Waals surface area contributed by atoms with E-state index in [9.17, 15) is 9.59 Å². The molecule has 0 atom stereocenters. The maximum Gasteiger partial charge on any atom is 0.338 e. The van der Waals surface area contributed by atoms with Crippen molar-refractivity contribution in [3.05, 3.63) is 35.4 Å². The summed E-state index contributed by atoms with van der Waals surface area (Å²) >= 11 is 0. The van der Waals surface area contributed by atoms with Crippen molar-refractivity contribution in [1.29, 1.82) is 5.26 Å². The van der Waals surface area contributed by atoms with Crippen molar-refractivity contribution in [2.75, 3.05) is 13.2 Å². The predicted molar refractivity (Wildman–Crippen MR) is 104 cm³/mol. The number of hydrogen-bond donors (Lipinski definition) is 0. The molecule has 28 heavy (non-hydrogen) atoms. The number of nitrogens with zero attached hydrogens (tertiary/aromatic N) is 2. The van der Waals surface area contributed by atoms with Gasteiger partial charge in [-0.2, -0.15) is 5.26 Å². The largest absolute Gasteiger partial charge is 0.452 e. The fourth-order valence-corrected chi connectivity index (χ4v) is 6.16. The first-order chi connectivity index (χ1) is 13.5. The van der Waals surface area contributed by atoms with Crippen LogP contribution in [0.2, 0.25) is 0 Å². The van der Waals surface area contributed by atoms with E-state index in [0.29, 0.717) is 36.3 Å². The molecule has 4 fully saturated rings. The molecule has 148 valence electrons. The van der Waals surface area contributed by atoms with E-state index in [1.807, 2.05) is 24.0 Å². The SMILES string of the molecule is Cc1ccc(C(=O)OCC(=O)N(CCC#N)C23CC4CC(CC(C4)C2)C3)cc1. The van der Waals surface area contributed by atoms with Gasteiger partial charge in [-0.25, -0.2) is 4.79 Å². The van der Waals surface area contributed by atoms with Gasteiger partial charge in [-0.1, -0.05) is 17.7 Å². The van der Waals surface area contributed by atoms with Crippen LogP contribution in [-0.4, -0.2) is 35.5 Å². The molecule has 0 spiro atoms. The molecule has 0 aliphatic heterocycles. The van der Waals surface area contributed by atoms with Crippen molar-refractivity contribution in [3.8, 4) is 6.07 Å². The van der Waals surface area contributed by atoms with E-state index in [1.54, 1.807) is 12.1 Å². The molecule has 0 unspecified atom stereocenters. The molecule has 0 radical (unpaired) electrons. The maximum absolute atomic E-state index is 13.1. The van der Waals surface area contributed by atoms with Gasteiger partial charge < -0.3 is 9.64 Å². The molecule has 0 N–H and O–H groups in total. The number of ether oxygens (including phenoxy) is 1. The number of carbonyl (C=O) groups is 2. The Morgan fingerprint density at radius 1 is 1.11 bits per heavy atom. The molecule has 4 bridgehead atoms. The van der Waals surface area contributed by atoms with Gasteiger partial charge >= 0.3 is 5.97 Å². The highest BCUT2D eigenvalue weighted by molar-refractivity contribution is 5.91. The highest BCUT2D eigenvalue weighted by atomic mass is 16.5. The van der Waals surface area contributed by atoms with Gasteiger partial charge in [0, 0.05) is 12.1 Å². The quantitative estimate of drug-likeness (QED) is 0.703. The summed E-state index contributed by atoms with van der Waals surface area (Å²) in [5.74, 6) is 1.49. The third kappa shape index (κ3) is 3.65. The van der Waals surface area contributed by atoms with Crippen LogP contribution in [0.4, 0.5) is 0 Å². The Morgan fingerprint density at radius 3 is 2.21 bits per heavy atom. The zero-order valence-electron chi connectivity index (χ0n) is 16.5. The number of carbonyl (C=O) groups excluding carboxylic acids is 2. The summed E-state index contributed by atoms with van der Waals surface area (Å²) in [6.07, 6.45) is 7.33. The lowest BCUT2D eigenvalue weighted by atomic mass is 9.52. The summed E-state index contributed by atoms with van der Waals surface area (Å²) in [7, 11) is 0. The first-order valence-electron chi connectivity index (χ1n) is 10.4. The van der Waals surface area contributed by atoms with Gasteiger partial charge in [-0.05, 0) is 75.3 Å². The van der Waals surface area contributed by atoms with Crippen LogP contribution in [0.1, 0.15) is 60.9 Å². The van der Waals surface area contributed by atoms with Gasteiger partial charge in [-0.3, -0.25) is 4.79 Å². The lowest BCUT2D eigenvalue weighted by Gasteiger charge is -2.60. The molecule has 5 heteroatoms. The van der Waals surface area contributed by atoms with E-state index >= 15 is 0 Å². The molecule has 1 aromatic rings. The van der Waals surface area contributed by atoms with Gasteiger partial charge in [0.1, 0.15) is 0 Å². The summed E-state index contributed by atoms with van der Waals surface area (Å²) in [4.78, 5) is 27.3. The summed E-state index contributed by atoms with van der Waals surface area (Å²) in [6, 6.07) is 9.32. The highest BCUT2D eigenvalue weighted by Gasteiger charge is 2.54. The fraction of sp³-hybridized carbons (Fsp3) is 0.609. The van der Waals surface area contributed by atoms with E-state index in [1.165, 1.54) is 19.3 Å². The number of benzene rings is 1. The average Bonchev–Trinajstić information content (AvgIpc) is 2.65. The number of aryl methyl sites for hydroxylation is 1. The molecular weight excluding hydrogens is 352 g/mol. The topological polar surface area (TPSA) is 70.4 Å². The Hall–Kier alpha value is -2.35. The minimum Gasteiger partial charge on any atom is -0.452 e. The smallest absolute Gasteiger partial charge is 0.338 e. The summed E-state index contributed by atoms with van der Waals surface area (Å²) in [5.41, 5.74) is 1.40. The summed E-state index contributed by atoms with van der Waals surface area (Å²) in [5, 5.41) is 9.09. The Balaban J connectivity index is 1.45. The van der Waals surface area contributed by atoms with Crippen molar-refractivity contribution < 1.29 is 14.3 Å². The highest BCUT2D eigenvalue weighted by Crippen LogP contribution is 2.57. The summed E-state index contributed by atoms with van der Waals surface area (Å²) in [6.45, 7) is 2.14. The van der Waals surface area contributed by atoms with Gasteiger partial charge in [0.25, 0.3) is 5.91 Å². The number of rotatable bonds is 6. The molecule has 0 heterocycles. The fourth-order valence-electron chi connectivity index (χ4n) is 6.16. The van der Waals surface area contributed by atoms with Crippen LogP contribution in [0.15, 0.2) is 24.3 Å². The third-order valence-corrected chi connectivity index (χ3v) is 6.94. The molecule has 4 saturated carbocycles. The first kappa shape index (κ1) is 19.0. The summed E-state index contributed by atoms with van der Waals surface area (Å²) < 4.78 is 5.34. The van der Waals surface area contributed by atoms with Crippen molar-refractivity contribution in [3.63, 3.8) is 0 Å². The third-order valence-electron chi connectivity index (χ3n) is 6.94. The Bertz CT molecular complexity index is 758. The molecular formula is C23H28N2O3. The standard InChI is InChI=1S/C23H28N2O3/c1-16-3-5-20(6-4-16)22(27)28-15-21(26)25(8-2-7-24)23-12-17-9-18(13-23)11-19(10-17)14-23/h3-6,17-19H,2,8-15H2,1H3. The molecule has 5 rings (SSSR count). The Morgan fingerprint density at radius 2 is 1.68 bits per heavy atom. The minimum atomic E-state index is -0.473. The van der Waals surface area contributed by atoms with Crippen molar-refractivity contribution in [2.45, 2.75) is 57.4 Å². The van der Waals surface area contributed by atoms with Crippen LogP contribution in [0, 0.1) is 36.0 Å². The molecule has 5 nitrogen and oxygen atoms in total. The monoisotopic (exact) mass is 380 g/mol. The van der Waals surface area contributed by atoms with Crippen molar-refractivity contribution in [1.82, 2.24) is 4.90 Å². The van der Waals surface area contributed by atoms with Gasteiger partial charge in [0.15, 0.2) is 6.61 Å². The zero-order valence-corrected chi connectivity index (χ0v) is 16.5. The molecule has 1 aromatic carbocycles. The molecule has 1 amide bonds. The van der Waals surface area contributed by atoms with Crippen molar-refractivity contribution in [2.24, 2.45) is 17.8 Å². The average molecular weight is 380 g/mol. The number of hydrogen-bond acceptors (Lipinski definition) is 4. The van der Waals surface area contributed by atoms with Gasteiger partial charge in [0.2, 0.25) is 0 Å². The second-order valence-corrected chi connectivity index (χ2v) is 9.04. The zero-order chi connectivity index (χ0) is 19.7. The van der Waals surface area contributed by atoms with Gasteiger partial charge in [0.05, 0.1) is 18.1 Å². The van der Waals surface area contributed by atoms with Gasteiger partial charge in [-0.15, -0.1) is 0 Å².